The third kappa shape index (κ3) is 3.21. The third-order valence-electron chi connectivity index (χ3n) is 4.24. The molecule has 0 unspecified atom stereocenters. The SMILES string of the molecule is Cc1nc([C@H]2OCC(=O)N[C@@H]2c2ccccc2)n(-c2ccc(Cl)cc2)n1. The summed E-state index contributed by atoms with van der Waals surface area (Å²) in [4.78, 5) is 16.5. The Bertz CT molecular complexity index is 924. The molecule has 1 amide bonds. The van der Waals surface area contributed by atoms with Crippen LogP contribution in [0, 0.1) is 6.92 Å². The molecule has 3 aromatic rings. The van der Waals surface area contributed by atoms with Crippen LogP contribution in [0.25, 0.3) is 5.69 Å². The number of hydrogen-bond donors (Lipinski definition) is 1. The van der Waals surface area contributed by atoms with E-state index in [2.05, 4.69) is 15.4 Å². The highest BCUT2D eigenvalue weighted by Crippen LogP contribution is 2.34. The highest BCUT2D eigenvalue weighted by Gasteiger charge is 2.35. The molecular formula is C19H17ClN4O2. The normalized spacial score (nSPS) is 20.0. The summed E-state index contributed by atoms with van der Waals surface area (Å²) in [5.41, 5.74) is 1.78. The van der Waals surface area contributed by atoms with Gasteiger partial charge in [-0.15, -0.1) is 0 Å². The fraction of sp³-hybridized carbons (Fsp3) is 0.211. The number of aryl methyl sites for hydroxylation is 1. The Morgan fingerprint density at radius 2 is 1.88 bits per heavy atom. The van der Waals surface area contributed by atoms with Crippen molar-refractivity contribution in [2.75, 3.05) is 6.61 Å². The Morgan fingerprint density at radius 3 is 2.62 bits per heavy atom. The van der Waals surface area contributed by atoms with Crippen molar-refractivity contribution in [3.63, 3.8) is 0 Å². The Labute approximate surface area is 155 Å². The molecule has 0 saturated carbocycles. The second-order valence-electron chi connectivity index (χ2n) is 6.09. The molecule has 1 fully saturated rings. The quantitative estimate of drug-likeness (QED) is 0.771. The van der Waals surface area contributed by atoms with Crippen LogP contribution < -0.4 is 5.32 Å². The number of aromatic nitrogens is 3. The monoisotopic (exact) mass is 368 g/mol. The van der Waals surface area contributed by atoms with Gasteiger partial charge < -0.3 is 10.1 Å². The Kier molecular flexibility index (Phi) is 4.44. The van der Waals surface area contributed by atoms with Gasteiger partial charge in [-0.25, -0.2) is 9.67 Å². The van der Waals surface area contributed by atoms with E-state index in [0.717, 1.165) is 11.3 Å². The van der Waals surface area contributed by atoms with Crippen LogP contribution in [0.5, 0.6) is 0 Å². The predicted molar refractivity (Wildman–Crippen MR) is 97.1 cm³/mol. The van der Waals surface area contributed by atoms with E-state index in [1.807, 2.05) is 49.4 Å². The zero-order chi connectivity index (χ0) is 18.1. The molecule has 4 rings (SSSR count). The number of nitrogens with zero attached hydrogens (tertiary/aromatic N) is 3. The van der Waals surface area contributed by atoms with Crippen LogP contribution >= 0.6 is 11.6 Å². The summed E-state index contributed by atoms with van der Waals surface area (Å²) in [5, 5.41) is 8.16. The molecule has 1 aliphatic rings. The van der Waals surface area contributed by atoms with Crippen molar-refractivity contribution in [3.05, 3.63) is 76.8 Å². The smallest absolute Gasteiger partial charge is 0.246 e. The Morgan fingerprint density at radius 1 is 1.15 bits per heavy atom. The number of carbonyl (C=O) groups is 1. The molecule has 0 radical (unpaired) electrons. The molecule has 2 heterocycles. The Hall–Kier alpha value is -2.70. The van der Waals surface area contributed by atoms with Gasteiger partial charge in [0.25, 0.3) is 0 Å². The number of benzene rings is 2. The van der Waals surface area contributed by atoms with Crippen LogP contribution in [0.3, 0.4) is 0 Å². The van der Waals surface area contributed by atoms with Crippen LogP contribution in [0.4, 0.5) is 0 Å². The van der Waals surface area contributed by atoms with E-state index < -0.39 is 6.10 Å². The van der Waals surface area contributed by atoms with Crippen LogP contribution in [-0.2, 0) is 9.53 Å². The summed E-state index contributed by atoms with van der Waals surface area (Å²) in [6.45, 7) is 1.81. The molecule has 7 heteroatoms. The van der Waals surface area contributed by atoms with E-state index in [1.165, 1.54) is 0 Å². The van der Waals surface area contributed by atoms with Gasteiger partial charge in [0.2, 0.25) is 5.91 Å². The van der Waals surface area contributed by atoms with Crippen molar-refractivity contribution in [1.29, 1.82) is 0 Å². The minimum Gasteiger partial charge on any atom is -0.358 e. The average molecular weight is 369 g/mol. The molecule has 2 atom stereocenters. The number of carbonyl (C=O) groups excluding carboxylic acids is 1. The van der Waals surface area contributed by atoms with E-state index in [1.54, 1.807) is 16.8 Å². The maximum Gasteiger partial charge on any atom is 0.246 e. The topological polar surface area (TPSA) is 69.0 Å². The first-order chi connectivity index (χ1) is 12.6. The van der Waals surface area contributed by atoms with E-state index in [0.29, 0.717) is 16.7 Å². The van der Waals surface area contributed by atoms with Crippen LogP contribution in [0.2, 0.25) is 5.02 Å². The summed E-state index contributed by atoms with van der Waals surface area (Å²) in [5.74, 6) is 1.12. The second kappa shape index (κ2) is 6.90. The fourth-order valence-corrected chi connectivity index (χ4v) is 3.21. The van der Waals surface area contributed by atoms with Crippen molar-refractivity contribution in [2.24, 2.45) is 0 Å². The van der Waals surface area contributed by atoms with Gasteiger partial charge in [-0.2, -0.15) is 5.10 Å². The lowest BCUT2D eigenvalue weighted by Gasteiger charge is -2.32. The summed E-state index contributed by atoms with van der Waals surface area (Å²) >= 11 is 5.99. The summed E-state index contributed by atoms with van der Waals surface area (Å²) in [6.07, 6.45) is -0.452. The number of nitrogens with one attached hydrogen (secondary N) is 1. The minimum absolute atomic E-state index is 0.0134. The number of halogens is 1. The average Bonchev–Trinajstić information content (AvgIpc) is 3.04. The predicted octanol–water partition coefficient (Wildman–Crippen LogP) is 3.16. The zero-order valence-electron chi connectivity index (χ0n) is 14.1. The molecule has 0 aliphatic carbocycles. The van der Waals surface area contributed by atoms with E-state index >= 15 is 0 Å². The molecule has 1 saturated heterocycles. The maximum absolute atomic E-state index is 11.9. The molecule has 1 aromatic heterocycles. The van der Waals surface area contributed by atoms with Gasteiger partial charge in [-0.3, -0.25) is 4.79 Å². The highest BCUT2D eigenvalue weighted by molar-refractivity contribution is 6.30. The lowest BCUT2D eigenvalue weighted by atomic mass is 9.99. The lowest BCUT2D eigenvalue weighted by molar-refractivity contribution is -0.138. The first-order valence-corrected chi connectivity index (χ1v) is 8.65. The number of hydrogen-bond acceptors (Lipinski definition) is 4. The van der Waals surface area contributed by atoms with Gasteiger partial charge >= 0.3 is 0 Å². The fourth-order valence-electron chi connectivity index (χ4n) is 3.08. The summed E-state index contributed by atoms with van der Waals surface area (Å²) in [7, 11) is 0. The van der Waals surface area contributed by atoms with Crippen molar-refractivity contribution < 1.29 is 9.53 Å². The van der Waals surface area contributed by atoms with Gasteiger partial charge in [-0.1, -0.05) is 41.9 Å². The van der Waals surface area contributed by atoms with Gasteiger partial charge in [0, 0.05) is 5.02 Å². The Balaban J connectivity index is 1.78. The van der Waals surface area contributed by atoms with Crippen molar-refractivity contribution in [3.8, 4) is 5.69 Å². The van der Waals surface area contributed by atoms with E-state index in [9.17, 15) is 4.79 Å². The van der Waals surface area contributed by atoms with E-state index in [-0.39, 0.29) is 18.6 Å². The van der Waals surface area contributed by atoms with E-state index in [4.69, 9.17) is 16.3 Å². The summed E-state index contributed by atoms with van der Waals surface area (Å²) in [6, 6.07) is 16.7. The first kappa shape index (κ1) is 16.8. The van der Waals surface area contributed by atoms with Crippen LogP contribution in [0.1, 0.15) is 29.4 Å². The molecule has 132 valence electrons. The molecule has 2 aromatic carbocycles. The van der Waals surface area contributed by atoms with Crippen LogP contribution in [-0.4, -0.2) is 27.3 Å². The first-order valence-electron chi connectivity index (χ1n) is 8.27. The number of morpholine rings is 1. The number of amides is 1. The number of ether oxygens (including phenoxy) is 1. The number of rotatable bonds is 3. The highest BCUT2D eigenvalue weighted by atomic mass is 35.5. The summed E-state index contributed by atoms with van der Waals surface area (Å²) < 4.78 is 7.62. The molecule has 26 heavy (non-hydrogen) atoms. The van der Waals surface area contributed by atoms with Gasteiger partial charge in [0.05, 0.1) is 11.7 Å². The standard InChI is InChI=1S/C19H17ClN4O2/c1-12-21-19(24(23-12)15-9-7-14(20)8-10-15)18-17(22-16(25)11-26-18)13-5-3-2-4-6-13/h2-10,17-18H,11H2,1H3,(H,22,25)/t17-,18+/m1/s1. The maximum atomic E-state index is 11.9. The van der Waals surface area contributed by atoms with Gasteiger partial charge in [0.15, 0.2) is 5.82 Å². The third-order valence-corrected chi connectivity index (χ3v) is 4.49. The van der Waals surface area contributed by atoms with Crippen molar-refractivity contribution in [2.45, 2.75) is 19.1 Å². The minimum atomic E-state index is -0.452. The molecular weight excluding hydrogens is 352 g/mol. The van der Waals surface area contributed by atoms with Gasteiger partial charge in [-0.05, 0) is 36.8 Å². The second-order valence-corrected chi connectivity index (χ2v) is 6.53. The largest absolute Gasteiger partial charge is 0.358 e. The molecule has 1 N–H and O–H groups in total. The molecule has 0 spiro atoms. The van der Waals surface area contributed by atoms with Crippen molar-refractivity contribution in [1.82, 2.24) is 20.1 Å². The molecule has 0 bridgehead atoms. The lowest BCUT2D eigenvalue weighted by Crippen LogP contribution is -2.42. The van der Waals surface area contributed by atoms with Gasteiger partial charge in [0.1, 0.15) is 18.5 Å². The van der Waals surface area contributed by atoms with Crippen molar-refractivity contribution >= 4 is 17.5 Å². The zero-order valence-corrected chi connectivity index (χ0v) is 14.8. The molecule has 6 nitrogen and oxygen atoms in total. The molecule has 1 aliphatic heterocycles. The van der Waals surface area contributed by atoms with Crippen LogP contribution in [0.15, 0.2) is 54.6 Å².